The summed E-state index contributed by atoms with van der Waals surface area (Å²) in [6, 6.07) is 5.89. The number of nitrogens with zero attached hydrogens (tertiary/aromatic N) is 4. The third-order valence-corrected chi connectivity index (χ3v) is 6.59. The average Bonchev–Trinajstić information content (AvgIpc) is 3.48. The molecule has 1 aliphatic heterocycles. The van der Waals surface area contributed by atoms with Gasteiger partial charge < -0.3 is 16.0 Å². The third-order valence-electron chi connectivity index (χ3n) is 6.59. The lowest BCUT2D eigenvalue weighted by Crippen LogP contribution is -2.39. The Balaban J connectivity index is 1.30. The minimum absolute atomic E-state index is 0.0459. The molecule has 0 unspecified atom stereocenters. The molecule has 3 N–H and O–H groups in total. The van der Waals surface area contributed by atoms with Crippen molar-refractivity contribution in [2.45, 2.75) is 69.9 Å². The Morgan fingerprint density at radius 1 is 1.19 bits per heavy atom. The molecule has 1 saturated heterocycles. The lowest BCUT2D eigenvalue weighted by molar-refractivity contribution is -0.133. The molecule has 1 saturated carbocycles. The van der Waals surface area contributed by atoms with Gasteiger partial charge in [-0.3, -0.25) is 14.3 Å². The molecule has 2 aromatic rings. The highest BCUT2D eigenvalue weighted by Crippen LogP contribution is 2.29. The van der Waals surface area contributed by atoms with Crippen molar-refractivity contribution in [2.75, 3.05) is 18.8 Å². The first-order valence-corrected chi connectivity index (χ1v) is 11.4. The summed E-state index contributed by atoms with van der Waals surface area (Å²) in [4.78, 5) is 31.7. The molecule has 3 heterocycles. The van der Waals surface area contributed by atoms with Crippen molar-refractivity contribution in [3.8, 4) is 0 Å². The predicted molar refractivity (Wildman–Crippen MR) is 118 cm³/mol. The van der Waals surface area contributed by atoms with Gasteiger partial charge >= 0.3 is 0 Å². The molecule has 0 spiro atoms. The number of anilines is 1. The normalized spacial score (nSPS) is 18.8. The minimum Gasteiger partial charge on any atom is -0.383 e. The van der Waals surface area contributed by atoms with E-state index in [1.54, 1.807) is 12.3 Å². The summed E-state index contributed by atoms with van der Waals surface area (Å²) in [5, 5.41) is 7.29. The van der Waals surface area contributed by atoms with Crippen molar-refractivity contribution in [3.05, 3.63) is 41.9 Å². The molecule has 4 rings (SSSR count). The summed E-state index contributed by atoms with van der Waals surface area (Å²) in [6.07, 6.45) is 10.2. The molecule has 0 aromatic carbocycles. The second-order valence-electron chi connectivity index (χ2n) is 8.82. The number of hydrogen-bond donors (Lipinski definition) is 2. The number of carbonyl (C=O) groups excluding carboxylic acids is 2. The van der Waals surface area contributed by atoms with Crippen molar-refractivity contribution < 1.29 is 9.59 Å². The van der Waals surface area contributed by atoms with E-state index in [0.717, 1.165) is 31.4 Å². The van der Waals surface area contributed by atoms with Gasteiger partial charge in [-0.15, -0.1) is 0 Å². The molecule has 0 radical (unpaired) electrons. The van der Waals surface area contributed by atoms with E-state index >= 15 is 0 Å². The van der Waals surface area contributed by atoms with E-state index < -0.39 is 0 Å². The predicted octanol–water partition coefficient (Wildman–Crippen LogP) is 2.89. The van der Waals surface area contributed by atoms with Crippen LogP contribution in [-0.4, -0.2) is 50.6 Å². The number of likely N-dealkylation sites (tertiary alicyclic amines) is 1. The molecule has 8 heteroatoms. The van der Waals surface area contributed by atoms with Gasteiger partial charge in [-0.25, -0.2) is 4.98 Å². The zero-order valence-electron chi connectivity index (χ0n) is 18.2. The van der Waals surface area contributed by atoms with Gasteiger partial charge in [-0.05, 0) is 50.8 Å². The highest BCUT2D eigenvalue weighted by atomic mass is 16.2. The van der Waals surface area contributed by atoms with Crippen LogP contribution in [0.5, 0.6) is 0 Å². The number of nitrogens with one attached hydrogen (secondary N) is 1. The van der Waals surface area contributed by atoms with Crippen LogP contribution in [0.4, 0.5) is 5.82 Å². The van der Waals surface area contributed by atoms with Crippen molar-refractivity contribution in [1.82, 2.24) is 25.0 Å². The number of amides is 2. The standard InChI is InChI=1S/C23H32N6O2/c1-16(29-12-4-11-25-29)15-21(30)28-13-9-17(10-14-28)20-8-7-19(22(24)27-20)23(31)26-18-5-2-3-6-18/h4,7-8,11-12,16-18H,2-3,5-6,9-10,13-15H2,1H3,(H2,24,27)(H,26,31)/t16-/m0/s1. The molecule has 2 amide bonds. The van der Waals surface area contributed by atoms with Crippen LogP contribution >= 0.6 is 0 Å². The van der Waals surface area contributed by atoms with Crippen LogP contribution in [0.2, 0.25) is 0 Å². The van der Waals surface area contributed by atoms with Crippen LogP contribution in [0, 0.1) is 0 Å². The molecule has 2 aliphatic rings. The van der Waals surface area contributed by atoms with E-state index in [0.29, 0.717) is 30.9 Å². The minimum atomic E-state index is -0.129. The molecule has 1 aliphatic carbocycles. The lowest BCUT2D eigenvalue weighted by atomic mass is 9.92. The molecule has 0 bridgehead atoms. The molecule has 2 fully saturated rings. The van der Waals surface area contributed by atoms with Gasteiger partial charge in [0.25, 0.3) is 5.91 Å². The number of nitrogen functional groups attached to an aromatic ring is 1. The van der Waals surface area contributed by atoms with Gasteiger partial charge in [-0.1, -0.05) is 12.8 Å². The van der Waals surface area contributed by atoms with Crippen molar-refractivity contribution in [2.24, 2.45) is 0 Å². The Bertz CT molecular complexity index is 899. The molecular weight excluding hydrogens is 392 g/mol. The zero-order valence-corrected chi connectivity index (χ0v) is 18.2. The summed E-state index contributed by atoms with van der Waals surface area (Å²) in [5.41, 5.74) is 7.50. The van der Waals surface area contributed by atoms with E-state index in [1.807, 2.05) is 34.8 Å². The van der Waals surface area contributed by atoms with Crippen LogP contribution in [-0.2, 0) is 4.79 Å². The third kappa shape index (κ3) is 5.06. The van der Waals surface area contributed by atoms with Gasteiger partial charge in [0.15, 0.2) is 0 Å². The Morgan fingerprint density at radius 2 is 1.94 bits per heavy atom. The number of aromatic nitrogens is 3. The van der Waals surface area contributed by atoms with Gasteiger partial charge in [0.1, 0.15) is 5.82 Å². The van der Waals surface area contributed by atoms with Crippen LogP contribution < -0.4 is 11.1 Å². The maximum absolute atomic E-state index is 12.7. The maximum Gasteiger partial charge on any atom is 0.255 e. The maximum atomic E-state index is 12.7. The first kappa shape index (κ1) is 21.3. The van der Waals surface area contributed by atoms with Gasteiger partial charge in [0.2, 0.25) is 5.91 Å². The fraction of sp³-hybridized carbons (Fsp3) is 0.565. The second kappa shape index (κ2) is 9.49. The quantitative estimate of drug-likeness (QED) is 0.742. The number of nitrogens with two attached hydrogens (primary N) is 1. The van der Waals surface area contributed by atoms with Gasteiger partial charge in [-0.2, -0.15) is 5.10 Å². The molecular formula is C23H32N6O2. The molecule has 8 nitrogen and oxygen atoms in total. The Kier molecular flexibility index (Phi) is 6.53. The number of carbonyl (C=O) groups is 2. The molecule has 31 heavy (non-hydrogen) atoms. The van der Waals surface area contributed by atoms with Crippen molar-refractivity contribution in [3.63, 3.8) is 0 Å². The number of piperidine rings is 1. The van der Waals surface area contributed by atoms with Gasteiger partial charge in [0, 0.05) is 49.6 Å². The number of hydrogen-bond acceptors (Lipinski definition) is 5. The summed E-state index contributed by atoms with van der Waals surface area (Å²) in [6.45, 7) is 3.43. The van der Waals surface area contributed by atoms with E-state index in [1.165, 1.54) is 12.8 Å². The highest BCUT2D eigenvalue weighted by molar-refractivity contribution is 5.98. The fourth-order valence-corrected chi connectivity index (χ4v) is 4.68. The second-order valence-corrected chi connectivity index (χ2v) is 8.82. The van der Waals surface area contributed by atoms with Gasteiger partial charge in [0.05, 0.1) is 11.6 Å². The smallest absolute Gasteiger partial charge is 0.255 e. The van der Waals surface area contributed by atoms with Crippen LogP contribution in [0.3, 0.4) is 0 Å². The first-order chi connectivity index (χ1) is 15.0. The van der Waals surface area contributed by atoms with Crippen LogP contribution in [0.1, 0.15) is 79.9 Å². The Morgan fingerprint density at radius 3 is 2.58 bits per heavy atom. The summed E-state index contributed by atoms with van der Waals surface area (Å²) in [5.74, 6) is 0.574. The number of pyridine rings is 1. The first-order valence-electron chi connectivity index (χ1n) is 11.4. The summed E-state index contributed by atoms with van der Waals surface area (Å²) < 4.78 is 1.82. The SMILES string of the molecule is C[C@@H](CC(=O)N1CCC(c2ccc(C(=O)NC3CCCC3)c(N)n2)CC1)n1cccn1. The fourth-order valence-electron chi connectivity index (χ4n) is 4.68. The number of rotatable bonds is 6. The van der Waals surface area contributed by atoms with Crippen molar-refractivity contribution in [1.29, 1.82) is 0 Å². The highest BCUT2D eigenvalue weighted by Gasteiger charge is 2.27. The van der Waals surface area contributed by atoms with E-state index in [9.17, 15) is 9.59 Å². The summed E-state index contributed by atoms with van der Waals surface area (Å²) >= 11 is 0. The zero-order chi connectivity index (χ0) is 21.8. The van der Waals surface area contributed by atoms with Crippen LogP contribution in [0.15, 0.2) is 30.6 Å². The largest absolute Gasteiger partial charge is 0.383 e. The molecule has 166 valence electrons. The Hall–Kier alpha value is -2.90. The lowest BCUT2D eigenvalue weighted by Gasteiger charge is -2.32. The van der Waals surface area contributed by atoms with Crippen molar-refractivity contribution >= 4 is 17.6 Å². The topological polar surface area (TPSA) is 106 Å². The molecule has 2 aromatic heterocycles. The van der Waals surface area contributed by atoms with E-state index in [-0.39, 0.29) is 29.8 Å². The van der Waals surface area contributed by atoms with E-state index in [2.05, 4.69) is 15.4 Å². The Labute approximate surface area is 183 Å². The van der Waals surface area contributed by atoms with Crippen LogP contribution in [0.25, 0.3) is 0 Å². The summed E-state index contributed by atoms with van der Waals surface area (Å²) in [7, 11) is 0. The average molecular weight is 425 g/mol. The molecule has 1 atom stereocenters. The van der Waals surface area contributed by atoms with E-state index in [4.69, 9.17) is 5.73 Å². The monoisotopic (exact) mass is 424 g/mol.